The van der Waals surface area contributed by atoms with Gasteiger partial charge < -0.3 is 0 Å². The molecule has 3 aromatic carbocycles. The molecule has 0 spiro atoms. The van der Waals surface area contributed by atoms with Gasteiger partial charge in [0.05, 0.1) is 16.6 Å². The van der Waals surface area contributed by atoms with Crippen LogP contribution in [0.3, 0.4) is 0 Å². The highest BCUT2D eigenvalue weighted by atomic mass is 35.5. The van der Waals surface area contributed by atoms with Gasteiger partial charge in [-0.05, 0) is 85.8 Å². The summed E-state index contributed by atoms with van der Waals surface area (Å²) in [5, 5.41) is 0.292. The monoisotopic (exact) mass is 559 g/mol. The second-order valence-electron chi connectivity index (χ2n) is 8.46. The van der Waals surface area contributed by atoms with Gasteiger partial charge in [0.15, 0.2) is 0 Å². The minimum atomic E-state index is -4.43. The summed E-state index contributed by atoms with van der Waals surface area (Å²) in [6.45, 7) is 1.49. The molecule has 3 aromatic rings. The average Bonchev–Trinajstić information content (AvgIpc) is 2.78. The Morgan fingerprint density at radius 3 is 2.11 bits per heavy atom. The van der Waals surface area contributed by atoms with E-state index in [-0.39, 0.29) is 17.1 Å². The predicted molar refractivity (Wildman–Crippen MR) is 135 cm³/mol. The summed E-state index contributed by atoms with van der Waals surface area (Å²) in [5.41, 5.74) is 0.297. The van der Waals surface area contributed by atoms with E-state index in [9.17, 15) is 30.0 Å². The first-order valence-electron chi connectivity index (χ1n) is 11.0. The zero-order valence-corrected chi connectivity index (χ0v) is 22.0. The number of benzene rings is 3. The number of unbranched alkanes of at least 4 members (excludes halogenated alkanes) is 1. The predicted octanol–water partition coefficient (Wildman–Crippen LogP) is 6.08. The summed E-state index contributed by atoms with van der Waals surface area (Å²) in [4.78, 5) is -0.195. The molecule has 194 valence electrons. The summed E-state index contributed by atoms with van der Waals surface area (Å²) in [6.07, 6.45) is 2.10. The SMILES string of the molecule is CC(c1ccc(F)cc1CCCCS(C)(=O)=O)N(c1cc(F)ccc1F)S(=O)(=O)c1ccc(Cl)cc1. The molecule has 0 aromatic heterocycles. The molecular formula is C25H25ClF3NO4S2. The van der Waals surface area contributed by atoms with Crippen molar-refractivity contribution in [3.8, 4) is 0 Å². The first-order valence-corrected chi connectivity index (χ1v) is 14.9. The number of aryl methyl sites for hydroxylation is 1. The number of sulfone groups is 1. The van der Waals surface area contributed by atoms with E-state index in [0.29, 0.717) is 29.0 Å². The second kappa shape index (κ2) is 11.2. The van der Waals surface area contributed by atoms with Gasteiger partial charge in [-0.15, -0.1) is 0 Å². The third kappa shape index (κ3) is 6.80. The third-order valence-electron chi connectivity index (χ3n) is 5.63. The van der Waals surface area contributed by atoms with Crippen molar-refractivity contribution in [3.63, 3.8) is 0 Å². The Morgan fingerprint density at radius 2 is 1.47 bits per heavy atom. The fourth-order valence-corrected chi connectivity index (χ4v) is 6.42. The van der Waals surface area contributed by atoms with Crippen LogP contribution in [0.4, 0.5) is 18.9 Å². The quantitative estimate of drug-likeness (QED) is 0.282. The van der Waals surface area contributed by atoms with Gasteiger partial charge in [-0.3, -0.25) is 4.31 Å². The summed E-state index contributed by atoms with van der Waals surface area (Å²) in [7, 11) is -7.61. The molecular weight excluding hydrogens is 535 g/mol. The molecule has 0 amide bonds. The molecule has 0 fully saturated rings. The van der Waals surface area contributed by atoms with Crippen LogP contribution in [0.25, 0.3) is 0 Å². The van der Waals surface area contributed by atoms with E-state index < -0.39 is 49.0 Å². The molecule has 1 unspecified atom stereocenters. The lowest BCUT2D eigenvalue weighted by Gasteiger charge is -2.32. The van der Waals surface area contributed by atoms with Crippen molar-refractivity contribution in [3.05, 3.63) is 94.3 Å². The summed E-state index contributed by atoms with van der Waals surface area (Å²) < 4.78 is 94.3. The Bertz CT molecular complexity index is 1450. The van der Waals surface area contributed by atoms with E-state index in [1.54, 1.807) is 0 Å². The third-order valence-corrected chi connectivity index (χ3v) is 8.82. The van der Waals surface area contributed by atoms with E-state index >= 15 is 0 Å². The molecule has 0 aliphatic heterocycles. The summed E-state index contributed by atoms with van der Waals surface area (Å²) in [6, 6.07) is 10.4. The van der Waals surface area contributed by atoms with Gasteiger partial charge in [0, 0.05) is 23.1 Å². The van der Waals surface area contributed by atoms with Crippen LogP contribution < -0.4 is 4.31 Å². The van der Waals surface area contributed by atoms with Gasteiger partial charge in [0.2, 0.25) is 0 Å². The minimum absolute atomic E-state index is 0.0429. The second-order valence-corrected chi connectivity index (χ2v) is 13.0. The van der Waals surface area contributed by atoms with E-state index in [2.05, 4.69) is 0 Å². The molecule has 0 radical (unpaired) electrons. The van der Waals surface area contributed by atoms with E-state index in [0.717, 1.165) is 34.8 Å². The molecule has 3 rings (SSSR count). The van der Waals surface area contributed by atoms with Crippen LogP contribution in [0.15, 0.2) is 65.6 Å². The van der Waals surface area contributed by atoms with Crippen LogP contribution >= 0.6 is 11.6 Å². The highest BCUT2D eigenvalue weighted by molar-refractivity contribution is 7.92. The summed E-state index contributed by atoms with van der Waals surface area (Å²) >= 11 is 5.90. The van der Waals surface area contributed by atoms with Crippen molar-refractivity contribution < 1.29 is 30.0 Å². The van der Waals surface area contributed by atoms with Crippen molar-refractivity contribution >= 4 is 37.1 Å². The number of sulfonamides is 1. The Morgan fingerprint density at radius 1 is 0.861 bits per heavy atom. The smallest absolute Gasteiger partial charge is 0.256 e. The Hall–Kier alpha value is -2.56. The van der Waals surface area contributed by atoms with Gasteiger partial charge in [0.25, 0.3) is 10.0 Å². The Labute approximate surface area is 214 Å². The van der Waals surface area contributed by atoms with Crippen molar-refractivity contribution in [2.24, 2.45) is 0 Å². The van der Waals surface area contributed by atoms with Crippen LogP contribution in [-0.2, 0) is 26.3 Å². The number of nitrogens with zero attached hydrogens (tertiary/aromatic N) is 1. The van der Waals surface area contributed by atoms with Crippen LogP contribution in [0, 0.1) is 17.5 Å². The minimum Gasteiger partial charge on any atom is -0.256 e. The number of halogens is 4. The lowest BCUT2D eigenvalue weighted by molar-refractivity contribution is 0.568. The fourth-order valence-electron chi connectivity index (χ4n) is 3.93. The molecule has 0 bridgehead atoms. The molecule has 0 heterocycles. The molecule has 36 heavy (non-hydrogen) atoms. The Balaban J connectivity index is 2.10. The zero-order valence-electron chi connectivity index (χ0n) is 19.6. The molecule has 0 N–H and O–H groups in total. The van der Waals surface area contributed by atoms with Crippen molar-refractivity contribution in [1.29, 1.82) is 0 Å². The van der Waals surface area contributed by atoms with Crippen LogP contribution in [0.5, 0.6) is 0 Å². The van der Waals surface area contributed by atoms with Crippen molar-refractivity contribution in [1.82, 2.24) is 0 Å². The lowest BCUT2D eigenvalue weighted by Crippen LogP contribution is -2.35. The highest BCUT2D eigenvalue weighted by Crippen LogP contribution is 2.37. The van der Waals surface area contributed by atoms with Gasteiger partial charge in [-0.1, -0.05) is 17.7 Å². The largest absolute Gasteiger partial charge is 0.264 e. The van der Waals surface area contributed by atoms with Gasteiger partial charge in [-0.2, -0.15) is 0 Å². The molecule has 0 aliphatic carbocycles. The van der Waals surface area contributed by atoms with Crippen molar-refractivity contribution in [2.45, 2.75) is 37.1 Å². The molecule has 0 saturated carbocycles. The standard InChI is InChI=1S/C25H25ClF3NO4S2/c1-17(23-12-8-20(27)15-18(23)5-3-4-14-35(2,31)32)30(25-16-21(28)9-13-24(25)29)36(33,34)22-10-6-19(26)7-11-22/h6-13,15-17H,3-5,14H2,1-2H3. The number of rotatable bonds is 10. The molecule has 0 saturated heterocycles. The topological polar surface area (TPSA) is 71.5 Å². The lowest BCUT2D eigenvalue weighted by atomic mass is 9.97. The summed E-state index contributed by atoms with van der Waals surface area (Å²) in [5.74, 6) is -2.40. The molecule has 11 heteroatoms. The van der Waals surface area contributed by atoms with Crippen molar-refractivity contribution in [2.75, 3.05) is 16.3 Å². The van der Waals surface area contributed by atoms with Gasteiger partial charge in [0.1, 0.15) is 27.3 Å². The van der Waals surface area contributed by atoms with E-state index in [1.165, 1.54) is 43.3 Å². The molecule has 5 nitrogen and oxygen atoms in total. The fraction of sp³-hybridized carbons (Fsp3) is 0.280. The first kappa shape index (κ1) is 28.0. The number of anilines is 1. The highest BCUT2D eigenvalue weighted by Gasteiger charge is 2.33. The maximum absolute atomic E-state index is 14.9. The van der Waals surface area contributed by atoms with Crippen LogP contribution in [0.2, 0.25) is 5.02 Å². The first-order chi connectivity index (χ1) is 16.8. The maximum Gasteiger partial charge on any atom is 0.264 e. The zero-order chi connectivity index (χ0) is 26.7. The number of hydrogen-bond donors (Lipinski definition) is 0. The van der Waals surface area contributed by atoms with Gasteiger partial charge in [-0.25, -0.2) is 30.0 Å². The average molecular weight is 560 g/mol. The van der Waals surface area contributed by atoms with Crippen LogP contribution in [0.1, 0.15) is 36.9 Å². The molecule has 0 aliphatic rings. The van der Waals surface area contributed by atoms with Gasteiger partial charge >= 0.3 is 0 Å². The molecule has 1 atom stereocenters. The van der Waals surface area contributed by atoms with Crippen LogP contribution in [-0.4, -0.2) is 28.8 Å². The maximum atomic E-state index is 14.9. The number of hydrogen-bond acceptors (Lipinski definition) is 4. The van der Waals surface area contributed by atoms with E-state index in [1.807, 2.05) is 0 Å². The van der Waals surface area contributed by atoms with E-state index in [4.69, 9.17) is 11.6 Å². The Kier molecular flexibility index (Phi) is 8.74. The normalized spacial score (nSPS) is 12.9.